The standard InChI is InChI=1S/C14H25N3O2/c1-11-8-12(16-15-11)9-13(19)17(6-5-7-18)10-14(2,3)4/h8,18H,5-7,9-10H2,1-4H3,(H,15,16). The molecule has 0 radical (unpaired) electrons. The second-order valence-electron chi connectivity index (χ2n) is 6.17. The van der Waals surface area contributed by atoms with E-state index in [1.54, 1.807) is 0 Å². The highest BCUT2D eigenvalue weighted by Crippen LogP contribution is 2.16. The number of nitrogens with one attached hydrogen (secondary N) is 1. The van der Waals surface area contributed by atoms with Crippen molar-refractivity contribution in [1.82, 2.24) is 15.1 Å². The molecule has 0 aliphatic carbocycles. The monoisotopic (exact) mass is 267 g/mol. The van der Waals surface area contributed by atoms with Crippen molar-refractivity contribution >= 4 is 5.91 Å². The van der Waals surface area contributed by atoms with Crippen molar-refractivity contribution in [2.45, 2.75) is 40.5 Å². The molecule has 5 nitrogen and oxygen atoms in total. The lowest BCUT2D eigenvalue weighted by atomic mass is 9.95. The highest BCUT2D eigenvalue weighted by molar-refractivity contribution is 5.78. The Kier molecular flexibility index (Phi) is 5.54. The summed E-state index contributed by atoms with van der Waals surface area (Å²) < 4.78 is 0. The quantitative estimate of drug-likeness (QED) is 0.821. The van der Waals surface area contributed by atoms with Gasteiger partial charge in [0, 0.05) is 25.4 Å². The number of aromatic amines is 1. The first-order valence-electron chi connectivity index (χ1n) is 6.71. The van der Waals surface area contributed by atoms with Gasteiger partial charge in [0.05, 0.1) is 12.1 Å². The summed E-state index contributed by atoms with van der Waals surface area (Å²) in [5.74, 6) is 0.0647. The van der Waals surface area contributed by atoms with Gasteiger partial charge in [0.2, 0.25) is 5.91 Å². The molecule has 0 fully saturated rings. The van der Waals surface area contributed by atoms with E-state index in [4.69, 9.17) is 5.11 Å². The number of carbonyl (C=O) groups excluding carboxylic acids is 1. The zero-order chi connectivity index (χ0) is 14.5. The number of aliphatic hydroxyl groups excluding tert-OH is 1. The van der Waals surface area contributed by atoms with E-state index in [1.165, 1.54) is 0 Å². The maximum Gasteiger partial charge on any atom is 0.228 e. The molecule has 0 unspecified atom stereocenters. The Morgan fingerprint density at radius 1 is 1.47 bits per heavy atom. The highest BCUT2D eigenvalue weighted by Gasteiger charge is 2.21. The first-order valence-corrected chi connectivity index (χ1v) is 6.71. The van der Waals surface area contributed by atoms with Crippen LogP contribution < -0.4 is 0 Å². The van der Waals surface area contributed by atoms with Crippen LogP contribution in [-0.4, -0.2) is 45.8 Å². The van der Waals surface area contributed by atoms with Crippen LogP contribution in [0.3, 0.4) is 0 Å². The third-order valence-corrected chi connectivity index (χ3v) is 2.70. The lowest BCUT2D eigenvalue weighted by Gasteiger charge is -2.30. The molecule has 1 heterocycles. The number of carbonyl (C=O) groups is 1. The summed E-state index contributed by atoms with van der Waals surface area (Å²) in [7, 11) is 0. The van der Waals surface area contributed by atoms with Gasteiger partial charge < -0.3 is 10.0 Å². The van der Waals surface area contributed by atoms with E-state index in [9.17, 15) is 4.79 Å². The number of hydrogen-bond donors (Lipinski definition) is 2. The van der Waals surface area contributed by atoms with Crippen LogP contribution in [0.2, 0.25) is 0 Å². The van der Waals surface area contributed by atoms with Crippen LogP contribution in [0.5, 0.6) is 0 Å². The van der Waals surface area contributed by atoms with Crippen LogP contribution in [0.25, 0.3) is 0 Å². The van der Waals surface area contributed by atoms with Crippen LogP contribution in [0.4, 0.5) is 0 Å². The van der Waals surface area contributed by atoms with Crippen LogP contribution in [0, 0.1) is 12.3 Å². The molecule has 0 aromatic carbocycles. The van der Waals surface area contributed by atoms with Crippen molar-refractivity contribution in [3.05, 3.63) is 17.5 Å². The zero-order valence-electron chi connectivity index (χ0n) is 12.4. The number of aromatic nitrogens is 2. The van der Waals surface area contributed by atoms with E-state index >= 15 is 0 Å². The summed E-state index contributed by atoms with van der Waals surface area (Å²) >= 11 is 0. The molecule has 0 saturated heterocycles. The second-order valence-corrected chi connectivity index (χ2v) is 6.17. The van der Waals surface area contributed by atoms with Crippen molar-refractivity contribution in [1.29, 1.82) is 0 Å². The van der Waals surface area contributed by atoms with Gasteiger partial charge in [0.15, 0.2) is 0 Å². The average molecular weight is 267 g/mol. The Bertz CT molecular complexity index is 407. The van der Waals surface area contributed by atoms with E-state index in [0.29, 0.717) is 25.9 Å². The Balaban J connectivity index is 2.65. The first kappa shape index (κ1) is 15.7. The van der Waals surface area contributed by atoms with Gasteiger partial charge in [-0.05, 0) is 24.8 Å². The van der Waals surface area contributed by atoms with Crippen molar-refractivity contribution in [2.24, 2.45) is 5.41 Å². The minimum absolute atomic E-state index is 0.0482. The fourth-order valence-electron chi connectivity index (χ4n) is 1.96. The largest absolute Gasteiger partial charge is 0.396 e. The molecule has 1 amide bonds. The topological polar surface area (TPSA) is 69.2 Å². The molecular weight excluding hydrogens is 242 g/mol. The normalized spacial score (nSPS) is 11.6. The summed E-state index contributed by atoms with van der Waals surface area (Å²) in [5.41, 5.74) is 1.78. The van der Waals surface area contributed by atoms with Gasteiger partial charge in [0.25, 0.3) is 0 Å². The van der Waals surface area contributed by atoms with Gasteiger partial charge in [-0.15, -0.1) is 0 Å². The number of aliphatic hydroxyl groups is 1. The van der Waals surface area contributed by atoms with Gasteiger partial charge in [-0.3, -0.25) is 9.89 Å². The predicted molar refractivity (Wildman–Crippen MR) is 74.8 cm³/mol. The maximum absolute atomic E-state index is 12.3. The van der Waals surface area contributed by atoms with Gasteiger partial charge in [0.1, 0.15) is 0 Å². The van der Waals surface area contributed by atoms with Gasteiger partial charge in [-0.25, -0.2) is 0 Å². The average Bonchev–Trinajstić information content (AvgIpc) is 2.68. The molecule has 0 bridgehead atoms. The van der Waals surface area contributed by atoms with E-state index < -0.39 is 0 Å². The fraction of sp³-hybridized carbons (Fsp3) is 0.714. The Morgan fingerprint density at radius 2 is 2.16 bits per heavy atom. The molecule has 1 aromatic heterocycles. The van der Waals surface area contributed by atoms with Crippen molar-refractivity contribution in [3.63, 3.8) is 0 Å². The minimum Gasteiger partial charge on any atom is -0.396 e. The van der Waals surface area contributed by atoms with Crippen molar-refractivity contribution < 1.29 is 9.90 Å². The minimum atomic E-state index is 0.0482. The van der Waals surface area contributed by atoms with Gasteiger partial charge >= 0.3 is 0 Å². The summed E-state index contributed by atoms with van der Waals surface area (Å²) in [6.07, 6.45) is 0.924. The summed E-state index contributed by atoms with van der Waals surface area (Å²) in [4.78, 5) is 14.1. The van der Waals surface area contributed by atoms with Crippen LogP contribution in [0.15, 0.2) is 6.07 Å². The smallest absolute Gasteiger partial charge is 0.228 e. The molecule has 2 N–H and O–H groups in total. The molecular formula is C14H25N3O2. The van der Waals surface area contributed by atoms with Gasteiger partial charge in [-0.1, -0.05) is 20.8 Å². The number of rotatable bonds is 6. The molecule has 0 saturated carbocycles. The Labute approximate surface area is 115 Å². The molecule has 0 aliphatic rings. The SMILES string of the molecule is Cc1cc(CC(=O)N(CCCO)CC(C)(C)C)n[nH]1. The zero-order valence-corrected chi connectivity index (χ0v) is 12.4. The third-order valence-electron chi connectivity index (χ3n) is 2.70. The lowest BCUT2D eigenvalue weighted by molar-refractivity contribution is -0.132. The van der Waals surface area contributed by atoms with Crippen LogP contribution in [-0.2, 0) is 11.2 Å². The lowest BCUT2D eigenvalue weighted by Crippen LogP contribution is -2.39. The Hall–Kier alpha value is -1.36. The van der Waals surface area contributed by atoms with Crippen LogP contribution in [0.1, 0.15) is 38.6 Å². The molecule has 1 rings (SSSR count). The number of nitrogens with zero attached hydrogens (tertiary/aromatic N) is 2. The Morgan fingerprint density at radius 3 is 2.63 bits per heavy atom. The van der Waals surface area contributed by atoms with Gasteiger partial charge in [-0.2, -0.15) is 5.10 Å². The van der Waals surface area contributed by atoms with E-state index in [-0.39, 0.29) is 17.9 Å². The van der Waals surface area contributed by atoms with E-state index in [1.807, 2.05) is 17.9 Å². The highest BCUT2D eigenvalue weighted by atomic mass is 16.3. The molecule has 1 aromatic rings. The number of amides is 1. The maximum atomic E-state index is 12.3. The predicted octanol–water partition coefficient (Wildman–Crippen LogP) is 1.52. The molecule has 5 heteroatoms. The molecule has 0 aliphatic heterocycles. The third kappa shape index (κ3) is 5.87. The van der Waals surface area contributed by atoms with Crippen LogP contribution >= 0.6 is 0 Å². The summed E-state index contributed by atoms with van der Waals surface area (Å²) in [6, 6.07) is 1.89. The molecule has 108 valence electrons. The number of H-pyrrole nitrogens is 1. The van der Waals surface area contributed by atoms with E-state index in [2.05, 4.69) is 31.0 Å². The number of aryl methyl sites for hydroxylation is 1. The second kappa shape index (κ2) is 6.70. The first-order chi connectivity index (χ1) is 8.81. The van der Waals surface area contributed by atoms with Crippen molar-refractivity contribution in [3.8, 4) is 0 Å². The summed E-state index contributed by atoms with van der Waals surface area (Å²) in [6.45, 7) is 9.61. The summed E-state index contributed by atoms with van der Waals surface area (Å²) in [5, 5.41) is 15.9. The fourth-order valence-corrected chi connectivity index (χ4v) is 1.96. The molecule has 19 heavy (non-hydrogen) atoms. The number of hydrogen-bond acceptors (Lipinski definition) is 3. The molecule has 0 atom stereocenters. The molecule has 0 spiro atoms. The van der Waals surface area contributed by atoms with Crippen molar-refractivity contribution in [2.75, 3.05) is 19.7 Å². The van der Waals surface area contributed by atoms with E-state index in [0.717, 1.165) is 11.4 Å².